The molecule has 4 rings (SSSR count). The zero-order valence-corrected chi connectivity index (χ0v) is 16.0. The van der Waals surface area contributed by atoms with Crippen molar-refractivity contribution in [2.45, 2.75) is 44.5 Å². The van der Waals surface area contributed by atoms with E-state index >= 15 is 0 Å². The molecule has 0 aliphatic carbocycles. The van der Waals surface area contributed by atoms with Gasteiger partial charge in [-0.05, 0) is 49.1 Å². The van der Waals surface area contributed by atoms with E-state index in [4.69, 9.17) is 4.74 Å². The molecule has 2 saturated heterocycles. The van der Waals surface area contributed by atoms with E-state index < -0.39 is 0 Å². The van der Waals surface area contributed by atoms with Gasteiger partial charge in [0, 0.05) is 38.3 Å². The van der Waals surface area contributed by atoms with E-state index in [2.05, 4.69) is 46.2 Å². The van der Waals surface area contributed by atoms with Gasteiger partial charge in [-0.15, -0.1) is 0 Å². The molecule has 0 radical (unpaired) electrons. The van der Waals surface area contributed by atoms with Crippen LogP contribution in [0.25, 0.3) is 0 Å². The molecule has 0 aromatic heterocycles. The highest BCUT2D eigenvalue weighted by atomic mass is 16.5. The van der Waals surface area contributed by atoms with Gasteiger partial charge in [0.1, 0.15) is 12.4 Å². The molecule has 0 bridgehead atoms. The summed E-state index contributed by atoms with van der Waals surface area (Å²) in [5, 5.41) is 9.47. The molecule has 1 N–H and O–H groups in total. The molecule has 2 heterocycles. The van der Waals surface area contributed by atoms with Gasteiger partial charge in [-0.25, -0.2) is 0 Å². The minimum atomic E-state index is 0.270. The number of aliphatic hydroxyl groups excluding tert-OH is 1. The Labute approximate surface area is 162 Å². The van der Waals surface area contributed by atoms with Crippen LogP contribution >= 0.6 is 0 Å². The van der Waals surface area contributed by atoms with Gasteiger partial charge in [0.25, 0.3) is 0 Å². The van der Waals surface area contributed by atoms with Crippen molar-refractivity contribution in [1.82, 2.24) is 9.80 Å². The van der Waals surface area contributed by atoms with Crippen LogP contribution in [0.3, 0.4) is 0 Å². The highest BCUT2D eigenvalue weighted by Crippen LogP contribution is 2.27. The molecule has 0 saturated carbocycles. The number of aliphatic hydroxyl groups is 1. The first-order valence-corrected chi connectivity index (χ1v) is 10.2. The van der Waals surface area contributed by atoms with Gasteiger partial charge in [-0.1, -0.05) is 42.5 Å². The van der Waals surface area contributed by atoms with Crippen LogP contribution in [0.15, 0.2) is 54.6 Å². The van der Waals surface area contributed by atoms with Crippen molar-refractivity contribution >= 4 is 0 Å². The Bertz CT molecular complexity index is 704. The summed E-state index contributed by atoms with van der Waals surface area (Å²) in [6.45, 7) is 5.27. The lowest BCUT2D eigenvalue weighted by molar-refractivity contribution is 0.0333. The summed E-state index contributed by atoms with van der Waals surface area (Å²) in [4.78, 5) is 5.19. The SMILES string of the molecule is OCC[C@H]1CN2CCC[C@@H]2CN1Cc1ccc(OCc2ccccc2)cc1. The van der Waals surface area contributed by atoms with Gasteiger partial charge in [-0.3, -0.25) is 9.80 Å². The fourth-order valence-corrected chi connectivity index (χ4v) is 4.43. The smallest absolute Gasteiger partial charge is 0.119 e. The third kappa shape index (κ3) is 4.70. The number of nitrogens with zero attached hydrogens (tertiary/aromatic N) is 2. The highest BCUT2D eigenvalue weighted by Gasteiger charge is 2.35. The second-order valence-corrected chi connectivity index (χ2v) is 7.80. The number of benzene rings is 2. The number of hydrogen-bond donors (Lipinski definition) is 1. The number of piperazine rings is 1. The number of ether oxygens (including phenoxy) is 1. The topological polar surface area (TPSA) is 35.9 Å². The zero-order chi connectivity index (χ0) is 18.5. The monoisotopic (exact) mass is 366 g/mol. The van der Waals surface area contributed by atoms with Crippen molar-refractivity contribution in [2.24, 2.45) is 0 Å². The van der Waals surface area contributed by atoms with Crippen molar-refractivity contribution in [2.75, 3.05) is 26.2 Å². The fraction of sp³-hybridized carbons (Fsp3) is 0.478. The minimum Gasteiger partial charge on any atom is -0.489 e. The molecule has 0 spiro atoms. The van der Waals surface area contributed by atoms with Crippen molar-refractivity contribution in [1.29, 1.82) is 0 Å². The first kappa shape index (κ1) is 18.5. The van der Waals surface area contributed by atoms with Crippen LogP contribution in [0.5, 0.6) is 5.75 Å². The molecule has 4 nitrogen and oxygen atoms in total. The molecular formula is C23H30N2O2. The molecule has 2 fully saturated rings. The molecule has 4 heteroatoms. The molecule has 2 aliphatic heterocycles. The molecule has 2 aromatic rings. The van der Waals surface area contributed by atoms with E-state index in [-0.39, 0.29) is 6.61 Å². The predicted octanol–water partition coefficient (Wildman–Crippen LogP) is 3.30. The van der Waals surface area contributed by atoms with Gasteiger partial charge in [-0.2, -0.15) is 0 Å². The van der Waals surface area contributed by atoms with Crippen LogP contribution in [0.1, 0.15) is 30.4 Å². The standard InChI is InChI=1S/C23H30N2O2/c26-14-12-22-16-24-13-4-7-21(24)17-25(22)15-19-8-10-23(11-9-19)27-18-20-5-2-1-3-6-20/h1-3,5-6,8-11,21-22,26H,4,7,12-18H2/t21-,22+/m1/s1. The third-order valence-electron chi connectivity index (χ3n) is 5.93. The number of hydrogen-bond acceptors (Lipinski definition) is 4. The summed E-state index contributed by atoms with van der Waals surface area (Å²) < 4.78 is 5.90. The van der Waals surface area contributed by atoms with Crippen LogP contribution < -0.4 is 4.74 Å². The molecule has 0 amide bonds. The Balaban J connectivity index is 1.35. The first-order valence-electron chi connectivity index (χ1n) is 10.2. The van der Waals surface area contributed by atoms with Crippen LogP contribution in [0, 0.1) is 0 Å². The summed E-state index contributed by atoms with van der Waals surface area (Å²) in [6.07, 6.45) is 3.49. The van der Waals surface area contributed by atoms with Crippen LogP contribution in [0.4, 0.5) is 0 Å². The molecule has 144 valence electrons. The summed E-state index contributed by atoms with van der Waals surface area (Å²) in [5.41, 5.74) is 2.50. The Hall–Kier alpha value is -1.88. The summed E-state index contributed by atoms with van der Waals surface area (Å²) in [7, 11) is 0. The average Bonchev–Trinajstić information content (AvgIpc) is 3.16. The molecule has 27 heavy (non-hydrogen) atoms. The number of rotatable bonds is 7. The maximum absolute atomic E-state index is 9.47. The van der Waals surface area contributed by atoms with E-state index in [9.17, 15) is 5.11 Å². The molecule has 2 atom stereocenters. The summed E-state index contributed by atoms with van der Waals surface area (Å²) in [5.74, 6) is 0.912. The average molecular weight is 367 g/mol. The van der Waals surface area contributed by atoms with E-state index in [1.54, 1.807) is 0 Å². The van der Waals surface area contributed by atoms with E-state index in [1.807, 2.05) is 18.2 Å². The fourth-order valence-electron chi connectivity index (χ4n) is 4.43. The number of fused-ring (bicyclic) bond motifs is 1. The highest BCUT2D eigenvalue weighted by molar-refractivity contribution is 5.28. The molecular weight excluding hydrogens is 336 g/mol. The van der Waals surface area contributed by atoms with Crippen molar-refractivity contribution in [3.8, 4) is 5.75 Å². The van der Waals surface area contributed by atoms with Crippen molar-refractivity contribution < 1.29 is 9.84 Å². The zero-order valence-electron chi connectivity index (χ0n) is 16.0. The first-order chi connectivity index (χ1) is 13.3. The third-order valence-corrected chi connectivity index (χ3v) is 5.93. The maximum Gasteiger partial charge on any atom is 0.119 e. The van der Waals surface area contributed by atoms with Gasteiger partial charge < -0.3 is 9.84 Å². The maximum atomic E-state index is 9.47. The van der Waals surface area contributed by atoms with Gasteiger partial charge in [0.2, 0.25) is 0 Å². The molecule has 2 aliphatic rings. The lowest BCUT2D eigenvalue weighted by Crippen LogP contribution is -2.55. The Kier molecular flexibility index (Phi) is 6.07. The Morgan fingerprint density at radius 1 is 0.963 bits per heavy atom. The minimum absolute atomic E-state index is 0.270. The Morgan fingerprint density at radius 2 is 1.78 bits per heavy atom. The van der Waals surface area contributed by atoms with Crippen molar-refractivity contribution in [3.63, 3.8) is 0 Å². The van der Waals surface area contributed by atoms with Gasteiger partial charge in [0.05, 0.1) is 0 Å². The summed E-state index contributed by atoms with van der Waals surface area (Å²) in [6, 6.07) is 19.9. The van der Waals surface area contributed by atoms with Gasteiger partial charge >= 0.3 is 0 Å². The summed E-state index contributed by atoms with van der Waals surface area (Å²) >= 11 is 0. The van der Waals surface area contributed by atoms with Crippen LogP contribution in [-0.2, 0) is 13.2 Å². The van der Waals surface area contributed by atoms with E-state index in [0.717, 1.165) is 31.8 Å². The normalized spacial score (nSPS) is 23.3. The van der Waals surface area contributed by atoms with Crippen LogP contribution in [-0.4, -0.2) is 53.2 Å². The van der Waals surface area contributed by atoms with E-state index in [1.165, 1.54) is 30.5 Å². The quantitative estimate of drug-likeness (QED) is 0.816. The molecule has 2 aromatic carbocycles. The second-order valence-electron chi connectivity index (χ2n) is 7.80. The van der Waals surface area contributed by atoms with Crippen molar-refractivity contribution in [3.05, 3.63) is 65.7 Å². The second kappa shape index (κ2) is 8.87. The van der Waals surface area contributed by atoms with E-state index in [0.29, 0.717) is 18.7 Å². The largest absolute Gasteiger partial charge is 0.489 e. The lowest BCUT2D eigenvalue weighted by atomic mass is 10.0. The lowest BCUT2D eigenvalue weighted by Gasteiger charge is -2.43. The van der Waals surface area contributed by atoms with Crippen LogP contribution in [0.2, 0.25) is 0 Å². The van der Waals surface area contributed by atoms with Gasteiger partial charge in [0.15, 0.2) is 0 Å². The molecule has 0 unspecified atom stereocenters. The predicted molar refractivity (Wildman–Crippen MR) is 108 cm³/mol. The Morgan fingerprint density at radius 3 is 2.56 bits per heavy atom.